The van der Waals surface area contributed by atoms with E-state index in [0.29, 0.717) is 35.0 Å². The van der Waals surface area contributed by atoms with Gasteiger partial charge in [0.1, 0.15) is 26.3 Å². The van der Waals surface area contributed by atoms with Crippen LogP contribution in [0.5, 0.6) is 0 Å². The van der Waals surface area contributed by atoms with E-state index in [0.717, 1.165) is 102 Å². The van der Waals surface area contributed by atoms with Crippen LogP contribution < -0.4 is 48.0 Å². The largest absolute Gasteiger partial charge is 1.00 e. The summed E-state index contributed by atoms with van der Waals surface area (Å²) in [7, 11) is 12.4. The van der Waals surface area contributed by atoms with Gasteiger partial charge in [-0.2, -0.15) is 0 Å². The van der Waals surface area contributed by atoms with Gasteiger partial charge in [0.15, 0.2) is 0 Å². The molecule has 0 radical (unpaired) electrons. The van der Waals surface area contributed by atoms with Crippen molar-refractivity contribution in [3.05, 3.63) is 82.5 Å². The van der Waals surface area contributed by atoms with Crippen molar-refractivity contribution in [1.82, 2.24) is 19.9 Å². The van der Waals surface area contributed by atoms with E-state index in [9.17, 15) is 9.59 Å². The molecule has 0 atom stereocenters. The summed E-state index contributed by atoms with van der Waals surface area (Å²) >= 11 is 0. The molecule has 0 fully saturated rings. The molecule has 2 aliphatic heterocycles. The number of aryl methyl sites for hydroxylation is 2. The van der Waals surface area contributed by atoms with Gasteiger partial charge in [-0.1, -0.05) is 25.3 Å². The fourth-order valence-electron chi connectivity index (χ4n) is 6.77. The molecule has 5 rings (SSSR count). The predicted octanol–water partition coefficient (Wildman–Crippen LogP) is 2.15. The number of allylic oxidation sites excluding steroid dienone is 4. The van der Waals surface area contributed by atoms with Crippen molar-refractivity contribution < 1.29 is 76.0 Å². The molecule has 10 nitrogen and oxygen atoms in total. The highest BCUT2D eigenvalue weighted by Crippen LogP contribution is 2.38. The second-order valence-corrected chi connectivity index (χ2v) is 16.4. The lowest BCUT2D eigenvalue weighted by molar-refractivity contribution is -0.870. The molecule has 3 aromatic heterocycles. The third-order valence-electron chi connectivity index (χ3n) is 10.3. The fraction of sp³-hybridized carbons (Fsp3) is 0.409. The van der Waals surface area contributed by atoms with E-state index in [-0.39, 0.29) is 72.7 Å². The maximum atomic E-state index is 13.0. The van der Waals surface area contributed by atoms with Crippen molar-refractivity contribution in [2.45, 2.75) is 53.4 Å². The number of hydrogen-bond donors (Lipinski definition) is 2. The third kappa shape index (κ3) is 11.3. The standard InChI is InChI=1S/C44H58N6O4.2HI/c1-13-31-27(3)35-23-36-29(5)33(15-17-43(51)53-21-19-49(7,8)9)41(47-36)26-42-34(16-18-44(52)54-22-20-50(10,11)12)30(6)38(48-42)25-40-32(14-2)28(4)37(46-40)24-39(31)45-35;;/h13-14,23-26,45-46H,1-2,15-22H2,3-12H3;2*1H/q+2;;/p-2. The van der Waals surface area contributed by atoms with Crippen molar-refractivity contribution >= 4 is 68.4 Å². The molecule has 2 aliphatic rings. The van der Waals surface area contributed by atoms with Gasteiger partial charge in [0, 0.05) is 46.0 Å². The molecular formula is C44H58I2N6O4. The minimum absolute atomic E-state index is 0. The summed E-state index contributed by atoms with van der Waals surface area (Å²) in [5.74, 6) is -0.479. The molecule has 0 aliphatic carbocycles. The molecule has 0 saturated heterocycles. The number of carbonyl (C=O) groups excluding carboxylic acids is 2. The Labute approximate surface area is 366 Å². The van der Waals surface area contributed by atoms with Gasteiger partial charge in [0.05, 0.1) is 65.1 Å². The molecule has 56 heavy (non-hydrogen) atoms. The number of esters is 2. The lowest BCUT2D eigenvalue weighted by Gasteiger charge is -2.23. The molecule has 0 saturated carbocycles. The van der Waals surface area contributed by atoms with E-state index in [4.69, 9.17) is 19.4 Å². The summed E-state index contributed by atoms with van der Waals surface area (Å²) in [5, 5.41) is 0. The van der Waals surface area contributed by atoms with Crippen LogP contribution in [0.15, 0.2) is 37.4 Å². The average molecular weight is 989 g/mol. The second kappa shape index (κ2) is 19.2. The van der Waals surface area contributed by atoms with Crippen LogP contribution in [0.1, 0.15) is 84.6 Å². The number of halogens is 2. The molecule has 3 aromatic rings. The zero-order valence-electron chi connectivity index (χ0n) is 34.7. The number of carbonyl (C=O) groups is 2. The zero-order chi connectivity index (χ0) is 39.5. The zero-order valence-corrected chi connectivity index (χ0v) is 39.0. The highest BCUT2D eigenvalue weighted by atomic mass is 127. The first-order valence-corrected chi connectivity index (χ1v) is 18.7. The highest BCUT2D eigenvalue weighted by Gasteiger charge is 2.24. The van der Waals surface area contributed by atoms with E-state index in [2.05, 4.69) is 104 Å². The molecule has 2 N–H and O–H groups in total. The Bertz CT molecular complexity index is 2230. The highest BCUT2D eigenvalue weighted by molar-refractivity contribution is 5.97. The Balaban J connectivity index is 0.00000420. The molecule has 12 heteroatoms. The van der Waals surface area contributed by atoms with Gasteiger partial charge >= 0.3 is 11.9 Å². The molecule has 0 spiro atoms. The van der Waals surface area contributed by atoms with Crippen LogP contribution >= 0.6 is 0 Å². The summed E-state index contributed by atoms with van der Waals surface area (Å²) in [6.07, 6.45) is 5.11. The smallest absolute Gasteiger partial charge is 0.306 e. The molecular weight excluding hydrogens is 930 g/mol. The maximum Gasteiger partial charge on any atom is 0.306 e. The normalized spacial score (nSPS) is 12.9. The lowest BCUT2D eigenvalue weighted by Crippen LogP contribution is -3.00. The minimum Gasteiger partial charge on any atom is -1.00 e. The second-order valence-electron chi connectivity index (χ2n) is 16.4. The quantitative estimate of drug-likeness (QED) is 0.146. The average Bonchev–Trinajstić information content (AvgIpc) is 3.74. The summed E-state index contributed by atoms with van der Waals surface area (Å²) < 4.78 is 12.7. The maximum absolute atomic E-state index is 13.0. The SMILES string of the molecule is C=Cc1c(C)c2cc3[nH]c(cc4nc(cc5nc(cc1[nH]2)C(C)=C5CCC(=O)OCC[N+](C)(C)C)C(CCC(=O)OCC[N+](C)(C)C)=C4C)c(C)c3C=C.[I-].[I-]. The van der Waals surface area contributed by atoms with Crippen LogP contribution in [-0.2, 0) is 19.1 Å². The lowest BCUT2D eigenvalue weighted by atomic mass is 9.98. The van der Waals surface area contributed by atoms with E-state index >= 15 is 0 Å². The van der Waals surface area contributed by atoms with Crippen LogP contribution in [0, 0.1) is 13.8 Å². The van der Waals surface area contributed by atoms with E-state index in [1.165, 1.54) is 0 Å². The first-order chi connectivity index (χ1) is 25.4. The summed E-state index contributed by atoms with van der Waals surface area (Å²) in [6.45, 7) is 18.7. The topological polar surface area (TPSA) is 110 Å². The Hall–Kier alpha value is -3.60. The van der Waals surface area contributed by atoms with Crippen LogP contribution in [0.4, 0.5) is 0 Å². The molecule has 0 aromatic carbocycles. The first-order valence-electron chi connectivity index (χ1n) is 18.7. The minimum atomic E-state index is -0.240. The molecule has 0 unspecified atom stereocenters. The van der Waals surface area contributed by atoms with Gasteiger partial charge in [-0.25, -0.2) is 9.97 Å². The van der Waals surface area contributed by atoms with Crippen molar-refractivity contribution in [2.24, 2.45) is 0 Å². The Morgan fingerprint density at radius 2 is 0.982 bits per heavy atom. The Kier molecular flexibility index (Phi) is 16.1. The van der Waals surface area contributed by atoms with Crippen molar-refractivity contribution in [3.8, 4) is 0 Å². The van der Waals surface area contributed by atoms with Gasteiger partial charge in [0.25, 0.3) is 0 Å². The number of aromatic nitrogens is 4. The molecule has 302 valence electrons. The van der Waals surface area contributed by atoms with Gasteiger partial charge in [-0.15, -0.1) is 0 Å². The molecule has 5 heterocycles. The number of rotatable bonds is 14. The van der Waals surface area contributed by atoms with Crippen molar-refractivity contribution in [2.75, 3.05) is 68.6 Å². The van der Waals surface area contributed by atoms with Gasteiger partial charge < -0.3 is 76.4 Å². The van der Waals surface area contributed by atoms with E-state index < -0.39 is 0 Å². The number of ether oxygens (including phenoxy) is 2. The predicted molar refractivity (Wildman–Crippen MR) is 222 cm³/mol. The first kappa shape index (κ1) is 46.8. The Morgan fingerprint density at radius 1 is 0.607 bits per heavy atom. The van der Waals surface area contributed by atoms with Gasteiger partial charge in [-0.3, -0.25) is 9.59 Å². The molecule has 0 amide bonds. The van der Waals surface area contributed by atoms with Gasteiger partial charge in [0.2, 0.25) is 0 Å². The van der Waals surface area contributed by atoms with Crippen LogP contribution in [-0.4, -0.2) is 109 Å². The number of quaternary nitrogens is 2. The number of nitrogens with one attached hydrogen (secondary N) is 2. The molecule has 8 bridgehead atoms. The van der Waals surface area contributed by atoms with E-state index in [1.807, 2.05) is 25.1 Å². The van der Waals surface area contributed by atoms with Crippen LogP contribution in [0.25, 0.3) is 56.5 Å². The summed E-state index contributed by atoms with van der Waals surface area (Å²) in [5.41, 5.74) is 14.8. The number of aromatic amines is 2. The number of fused-ring (bicyclic) bond motifs is 8. The van der Waals surface area contributed by atoms with Gasteiger partial charge in [-0.05, 0) is 98.2 Å². The number of nitrogens with zero attached hydrogens (tertiary/aromatic N) is 4. The van der Waals surface area contributed by atoms with Crippen molar-refractivity contribution in [1.29, 1.82) is 0 Å². The summed E-state index contributed by atoms with van der Waals surface area (Å²) in [4.78, 5) is 43.5. The van der Waals surface area contributed by atoms with E-state index in [1.54, 1.807) is 0 Å². The van der Waals surface area contributed by atoms with Crippen LogP contribution in [0.3, 0.4) is 0 Å². The number of hydrogen-bond acceptors (Lipinski definition) is 6. The third-order valence-corrected chi connectivity index (χ3v) is 10.3. The van der Waals surface area contributed by atoms with Crippen molar-refractivity contribution in [3.63, 3.8) is 0 Å². The Morgan fingerprint density at radius 3 is 1.38 bits per heavy atom. The monoisotopic (exact) mass is 988 g/mol. The summed E-state index contributed by atoms with van der Waals surface area (Å²) in [6, 6.07) is 8.24. The fourth-order valence-corrected chi connectivity index (χ4v) is 6.77. The van der Waals surface area contributed by atoms with Crippen LogP contribution in [0.2, 0.25) is 0 Å². The number of H-pyrrole nitrogens is 2. The number of likely N-dealkylation sites (N-methyl/N-ethyl adjacent to an activating group) is 2.